The van der Waals surface area contributed by atoms with Crippen molar-refractivity contribution < 1.29 is 52.7 Å². The smallest absolute Gasteiger partial charge is 0.355 e. The van der Waals surface area contributed by atoms with Gasteiger partial charge >= 0.3 is 17.1 Å². The fourth-order valence-corrected chi connectivity index (χ4v) is 15.6. The molecule has 3 aliphatic rings. The number of aromatic nitrogens is 12. The quantitative estimate of drug-likeness (QED) is 0.0444. The van der Waals surface area contributed by atoms with E-state index >= 15 is 22.0 Å². The predicted octanol–water partition coefficient (Wildman–Crippen LogP) is 18.2. The van der Waals surface area contributed by atoms with Crippen molar-refractivity contribution in [3.05, 3.63) is 205 Å². The summed E-state index contributed by atoms with van der Waals surface area (Å²) in [6, 6.07) is 8.24. The van der Waals surface area contributed by atoms with Gasteiger partial charge in [0.1, 0.15) is 50.3 Å². The second kappa shape index (κ2) is 33.4. The van der Waals surface area contributed by atoms with Crippen molar-refractivity contribution in [3.63, 3.8) is 0 Å². The van der Waals surface area contributed by atoms with E-state index < -0.39 is 153 Å². The molecule has 21 nitrogen and oxygen atoms in total. The fraction of sp³-hybridized carbons (Fsp3) is 0.333. The molecule has 0 amide bonds. The van der Waals surface area contributed by atoms with Gasteiger partial charge in [0.15, 0.2) is 86.7 Å². The molecule has 612 valence electrons. The first-order chi connectivity index (χ1) is 55.6. The van der Waals surface area contributed by atoms with Crippen LogP contribution in [0, 0.1) is 90.6 Å². The number of fused-ring (bicyclic) bond motifs is 3. The highest BCUT2D eigenvalue weighted by Gasteiger charge is 2.35. The molecule has 3 aromatic carbocycles. The second-order valence-electron chi connectivity index (χ2n) is 29.6. The molecule has 12 heterocycles. The van der Waals surface area contributed by atoms with Crippen LogP contribution in [0.3, 0.4) is 0 Å². The monoisotopic (exact) mass is 1680 g/mol. The van der Waals surface area contributed by atoms with Crippen LogP contribution in [0.1, 0.15) is 151 Å². The van der Waals surface area contributed by atoms with Gasteiger partial charge in [-0.25, -0.2) is 95.7 Å². The van der Waals surface area contributed by atoms with E-state index in [9.17, 15) is 45.1 Å². The van der Waals surface area contributed by atoms with Crippen LogP contribution in [0.2, 0.25) is 15.1 Å². The summed E-state index contributed by atoms with van der Waals surface area (Å²) in [6.45, 7) is 20.2. The summed E-state index contributed by atoms with van der Waals surface area (Å²) < 4.78 is 182. The number of pyridine rings is 6. The highest BCUT2D eigenvalue weighted by atomic mass is 35.5. The zero-order valence-electron chi connectivity index (χ0n) is 64.4. The molecule has 6 N–H and O–H groups in total. The van der Waals surface area contributed by atoms with Crippen LogP contribution in [0.5, 0.6) is 0 Å². The Bertz CT molecular complexity index is 5560. The molecule has 0 unspecified atom stereocenters. The number of benzene rings is 3. The van der Waals surface area contributed by atoms with Crippen molar-refractivity contribution in [1.82, 2.24) is 58.6 Å². The minimum atomic E-state index is -2.07. The lowest BCUT2D eigenvalue weighted by atomic mass is 10.0. The average molecular weight is 1680 g/mol. The summed E-state index contributed by atoms with van der Waals surface area (Å²) in [4.78, 5) is 85.9. The first-order valence-corrected chi connectivity index (χ1v) is 38.6. The Hall–Kier alpha value is -11.2. The molecule has 12 aromatic rings. The maximum Gasteiger partial charge on any atom is 0.355 e. The first-order valence-electron chi connectivity index (χ1n) is 37.5. The number of piperidine rings is 3. The van der Waals surface area contributed by atoms with Crippen molar-refractivity contribution in [2.45, 2.75) is 138 Å². The van der Waals surface area contributed by atoms with Gasteiger partial charge in [0.25, 0.3) is 0 Å². The van der Waals surface area contributed by atoms with Gasteiger partial charge in [0.2, 0.25) is 0 Å². The number of hydrogen-bond acceptors (Lipinski definition) is 18. The standard InChI is InChI=1S/C27H25Cl2F3N6O.C27H25ClF4N6O.C27H25F5N6O/c1-12(2)22-24(13(3)7-8-34-22)38-26-14(25(36-27(38)39)37-9-5-4-6-10-37)11-15(30)23(35-26)16-19(31)17(28)20(32)18(29)21(16)33;1-12(2)22-24(13(3)7-8-34-22)38-26-14(25(36-27(38)39)37-9-5-4-6-10-37)11-15(29)23(35-26)16-17(28)21(33)20(32)19(31)18(16)30;1-12(2)22-24(13(3)7-8-34-22)38-26-14(25(36-27(38)39)37-9-5-4-6-10-37)11-15(28)23(35-26)16-17(29)19(31)20(32)21(33)18(16)30/h3*7-8,11-12H,4-6,9-10,33H2,1-3H3. The van der Waals surface area contributed by atoms with E-state index in [-0.39, 0.29) is 68.3 Å². The van der Waals surface area contributed by atoms with Crippen molar-refractivity contribution in [3.8, 4) is 50.8 Å². The molecule has 0 bridgehead atoms. The number of nitrogens with zero attached hydrogens (tertiary/aromatic N) is 15. The third-order valence-corrected chi connectivity index (χ3v) is 21.8. The summed E-state index contributed by atoms with van der Waals surface area (Å²) in [7, 11) is 0. The van der Waals surface area contributed by atoms with E-state index in [1.54, 1.807) is 57.6 Å². The lowest BCUT2D eigenvalue weighted by Gasteiger charge is -2.29. The Labute approximate surface area is 675 Å². The molecule has 36 heteroatoms. The molecule has 3 saturated heterocycles. The zero-order valence-corrected chi connectivity index (χ0v) is 66.6. The molecule has 0 aliphatic carbocycles. The Kier molecular flexibility index (Phi) is 23.9. The lowest BCUT2D eigenvalue weighted by molar-refractivity contribution is 0.440. The molecule has 0 spiro atoms. The van der Waals surface area contributed by atoms with Crippen LogP contribution in [0.15, 0.2) is 69.4 Å². The average Bonchev–Trinajstić information content (AvgIpc) is 0.739. The maximum atomic E-state index is 15.8. The van der Waals surface area contributed by atoms with Crippen LogP contribution in [-0.4, -0.2) is 97.8 Å². The van der Waals surface area contributed by atoms with Gasteiger partial charge in [-0.15, -0.1) is 0 Å². The van der Waals surface area contributed by atoms with Crippen LogP contribution >= 0.6 is 34.8 Å². The molecule has 15 rings (SSSR count). The van der Waals surface area contributed by atoms with Crippen molar-refractivity contribution in [1.29, 1.82) is 0 Å². The summed E-state index contributed by atoms with van der Waals surface area (Å²) in [5, 5.41) is -1.82. The zero-order chi connectivity index (χ0) is 84.5. The van der Waals surface area contributed by atoms with Gasteiger partial charge < -0.3 is 31.9 Å². The summed E-state index contributed by atoms with van der Waals surface area (Å²) in [5.41, 5.74) is 11.4. The molecule has 0 radical (unpaired) electrons. The SMILES string of the molecule is Cc1ccnc(C(C)C)c1-n1c(=O)nc(N2CCCCC2)c2cc(F)c(-c3c(F)c(F)c(F)c(N)c3Cl)nc21.Cc1ccnc(C(C)C)c1-n1c(=O)nc(N2CCCCC2)c2cc(F)c(-c3c(F)c(N)c(F)c(F)c3F)nc21.Cc1ccnc(C(C)C)c1-n1c(=O)nc(N2CCCCC2)c2cc(F)c(-c3c(N)c(Cl)c(F)c(Cl)c3F)nc21. The molecular weight excluding hydrogens is 1610 g/mol. The van der Waals surface area contributed by atoms with Crippen LogP contribution in [-0.2, 0) is 0 Å². The molecule has 9 aromatic heterocycles. The summed E-state index contributed by atoms with van der Waals surface area (Å²) in [5.74, 6) is -18.6. The van der Waals surface area contributed by atoms with Gasteiger partial charge in [-0.1, -0.05) is 76.3 Å². The minimum Gasteiger partial charge on any atom is -0.397 e. The Balaban J connectivity index is 0.000000152. The van der Waals surface area contributed by atoms with E-state index in [1.165, 1.54) is 9.13 Å². The van der Waals surface area contributed by atoms with Crippen LogP contribution in [0.4, 0.5) is 87.2 Å². The second-order valence-corrected chi connectivity index (χ2v) is 30.7. The molecule has 3 aliphatic heterocycles. The summed E-state index contributed by atoms with van der Waals surface area (Å²) in [6.07, 6.45) is 12.9. The van der Waals surface area contributed by atoms with Crippen molar-refractivity contribution >= 4 is 102 Å². The van der Waals surface area contributed by atoms with E-state index in [1.807, 2.05) is 56.2 Å². The number of hydrogen-bond donors (Lipinski definition) is 3. The number of rotatable bonds is 12. The topological polar surface area (TPSA) is 270 Å². The third kappa shape index (κ3) is 15.1. The van der Waals surface area contributed by atoms with Gasteiger partial charge in [-0.05, 0) is 149 Å². The molecule has 117 heavy (non-hydrogen) atoms. The normalized spacial score (nSPS) is 14.0. The third-order valence-electron chi connectivity index (χ3n) is 20.8. The molecule has 0 atom stereocenters. The number of nitrogens with two attached hydrogens (primary N) is 3. The number of anilines is 6. The van der Waals surface area contributed by atoms with Crippen LogP contribution < -0.4 is 49.0 Å². The van der Waals surface area contributed by atoms with Crippen LogP contribution in [0.25, 0.3) is 83.9 Å². The van der Waals surface area contributed by atoms with E-state index in [2.05, 4.69) is 44.9 Å². The minimum absolute atomic E-state index is 0.0142. The Morgan fingerprint density at radius 3 is 0.983 bits per heavy atom. The Morgan fingerprint density at radius 2 is 0.650 bits per heavy atom. The largest absolute Gasteiger partial charge is 0.397 e. The lowest BCUT2D eigenvalue weighted by Crippen LogP contribution is -2.34. The number of halogens is 15. The number of aryl methyl sites for hydroxylation is 3. The number of nitrogen functional groups attached to an aromatic ring is 3. The fourth-order valence-electron chi connectivity index (χ4n) is 14.9. The molecular formula is C81H75Cl3F12N18O3. The first kappa shape index (κ1) is 83.7. The maximum absolute atomic E-state index is 15.8. The summed E-state index contributed by atoms with van der Waals surface area (Å²) >= 11 is 17.9. The van der Waals surface area contributed by atoms with E-state index in [0.717, 1.165) is 80.6 Å². The van der Waals surface area contributed by atoms with Crippen molar-refractivity contribution in [2.24, 2.45) is 0 Å². The highest BCUT2D eigenvalue weighted by Crippen LogP contribution is 2.46. The van der Waals surface area contributed by atoms with Crippen molar-refractivity contribution in [2.75, 3.05) is 71.2 Å². The van der Waals surface area contributed by atoms with Gasteiger partial charge in [-0.2, -0.15) is 15.0 Å². The molecule has 0 saturated carbocycles. The van der Waals surface area contributed by atoms with E-state index in [0.29, 0.717) is 90.1 Å². The Morgan fingerprint density at radius 1 is 0.342 bits per heavy atom. The van der Waals surface area contributed by atoms with Gasteiger partial charge in [0.05, 0.1) is 83.4 Å². The highest BCUT2D eigenvalue weighted by molar-refractivity contribution is 6.37. The van der Waals surface area contributed by atoms with E-state index in [4.69, 9.17) is 52.0 Å². The molecule has 3 fully saturated rings. The van der Waals surface area contributed by atoms with Gasteiger partial charge in [-0.3, -0.25) is 15.0 Å². The van der Waals surface area contributed by atoms with Gasteiger partial charge in [0, 0.05) is 57.9 Å². The predicted molar refractivity (Wildman–Crippen MR) is 428 cm³/mol.